The number of alkyl halides is 3. The van der Waals surface area contributed by atoms with Gasteiger partial charge in [0.2, 0.25) is 17.6 Å². The molecule has 0 heterocycles. The lowest BCUT2D eigenvalue weighted by Gasteiger charge is -2.22. The molecule has 0 saturated heterocycles. The maximum atomic E-state index is 12.8. The summed E-state index contributed by atoms with van der Waals surface area (Å²) in [5.41, 5.74) is 2.24. The van der Waals surface area contributed by atoms with Crippen molar-refractivity contribution in [3.8, 4) is 0 Å². The minimum atomic E-state index is -5.16. The molecule has 2 aromatic rings. The predicted octanol–water partition coefficient (Wildman–Crippen LogP) is 4.22. The molecule has 0 radical (unpaired) electrons. The van der Waals surface area contributed by atoms with Gasteiger partial charge >= 0.3 is 6.18 Å². The third kappa shape index (κ3) is 9.07. The molecule has 0 aromatic heterocycles. The van der Waals surface area contributed by atoms with Crippen molar-refractivity contribution < 1.29 is 37.2 Å². The summed E-state index contributed by atoms with van der Waals surface area (Å²) < 4.78 is 38.5. The van der Waals surface area contributed by atoms with Crippen LogP contribution in [0.5, 0.6) is 0 Å². The Balaban J connectivity index is 2.03. The van der Waals surface area contributed by atoms with Gasteiger partial charge in [-0.3, -0.25) is 24.0 Å². The highest BCUT2D eigenvalue weighted by Crippen LogP contribution is 2.23. The molecule has 10 heteroatoms. The lowest BCUT2D eigenvalue weighted by Crippen LogP contribution is -2.44. The second kappa shape index (κ2) is 12.1. The predicted molar refractivity (Wildman–Crippen MR) is 128 cm³/mol. The van der Waals surface area contributed by atoms with Gasteiger partial charge in [0.15, 0.2) is 5.78 Å². The van der Waals surface area contributed by atoms with Crippen LogP contribution < -0.4 is 10.8 Å². The molecule has 2 N–H and O–H groups in total. The quantitative estimate of drug-likeness (QED) is 0.443. The van der Waals surface area contributed by atoms with E-state index in [1.807, 2.05) is 42.5 Å². The maximum absolute atomic E-state index is 12.8. The molecule has 0 saturated carbocycles. The van der Waals surface area contributed by atoms with Crippen LogP contribution in [0, 0.1) is 5.92 Å². The van der Waals surface area contributed by atoms with Gasteiger partial charge in [-0.25, -0.2) is 5.48 Å². The zero-order valence-corrected chi connectivity index (χ0v) is 20.7. The average Bonchev–Trinajstić information content (AvgIpc) is 2.79. The molecule has 0 bridgehead atoms. The van der Waals surface area contributed by atoms with Gasteiger partial charge in [0.1, 0.15) is 0 Å². The summed E-state index contributed by atoms with van der Waals surface area (Å²) in [7, 11) is 0. The number of aryl methyl sites for hydroxylation is 1. The minimum Gasteiger partial charge on any atom is -0.346 e. The number of benzene rings is 2. The van der Waals surface area contributed by atoms with Crippen LogP contribution in [0.2, 0.25) is 0 Å². The van der Waals surface area contributed by atoms with E-state index in [-0.39, 0.29) is 12.2 Å². The van der Waals surface area contributed by atoms with Gasteiger partial charge in [0, 0.05) is 19.3 Å². The third-order valence-electron chi connectivity index (χ3n) is 5.38. The van der Waals surface area contributed by atoms with Crippen LogP contribution >= 0.6 is 0 Å². The summed E-state index contributed by atoms with van der Waals surface area (Å²) in [4.78, 5) is 54.1. The number of fused-ring (bicyclic) bond motifs is 1. The van der Waals surface area contributed by atoms with Gasteiger partial charge in [0.05, 0.1) is 17.6 Å². The number of hydrogen-bond donors (Lipinski definition) is 2. The van der Waals surface area contributed by atoms with Crippen molar-refractivity contribution >= 4 is 34.2 Å². The van der Waals surface area contributed by atoms with Crippen molar-refractivity contribution in [3.05, 3.63) is 48.0 Å². The van der Waals surface area contributed by atoms with E-state index in [2.05, 4.69) is 10.8 Å². The van der Waals surface area contributed by atoms with Crippen molar-refractivity contribution in [1.29, 1.82) is 0 Å². The first-order chi connectivity index (χ1) is 16.7. The third-order valence-corrected chi connectivity index (χ3v) is 5.38. The van der Waals surface area contributed by atoms with Crippen LogP contribution in [0.15, 0.2) is 42.5 Å². The highest BCUT2D eigenvalue weighted by atomic mass is 19.4. The van der Waals surface area contributed by atoms with E-state index in [0.29, 0.717) is 6.42 Å². The summed E-state index contributed by atoms with van der Waals surface area (Å²) in [6.45, 7) is 6.32. The molecule has 36 heavy (non-hydrogen) atoms. The Morgan fingerprint density at radius 2 is 1.58 bits per heavy atom. The molecule has 0 aliphatic carbocycles. The van der Waals surface area contributed by atoms with Gasteiger partial charge < -0.3 is 5.32 Å². The van der Waals surface area contributed by atoms with Gasteiger partial charge in [-0.2, -0.15) is 13.2 Å². The highest BCUT2D eigenvalue weighted by molar-refractivity contribution is 5.95. The molecule has 2 amide bonds. The number of halogens is 3. The number of Topliss-reactive ketones (excluding diaryl/α,β-unsaturated/α-hetero) is 2. The highest BCUT2D eigenvalue weighted by Gasteiger charge is 2.41. The van der Waals surface area contributed by atoms with Crippen molar-refractivity contribution in [2.75, 3.05) is 0 Å². The van der Waals surface area contributed by atoms with E-state index in [1.165, 1.54) is 6.92 Å². The number of rotatable bonds is 11. The maximum Gasteiger partial charge on any atom is 0.449 e. The molecular formula is C26H31F3N2O5. The van der Waals surface area contributed by atoms with Gasteiger partial charge in [-0.05, 0) is 50.5 Å². The normalized spacial score (nSPS) is 13.6. The SMILES string of the molecule is C[C@H](NC(=O)[C@H](CC(=O)NOC(C)(C)C)CC(=O)C(F)(F)F)C(=O)CCc1cccc2ccccc12. The number of hydroxylamine groups is 1. The van der Waals surface area contributed by atoms with Gasteiger partial charge in [-0.1, -0.05) is 42.5 Å². The molecule has 0 aliphatic heterocycles. The summed E-state index contributed by atoms with van der Waals surface area (Å²) in [5.74, 6) is -5.96. The molecule has 2 rings (SSSR count). The summed E-state index contributed by atoms with van der Waals surface area (Å²) in [5, 5.41) is 4.38. The molecule has 0 aliphatic rings. The Kier molecular flexibility index (Phi) is 9.75. The fraction of sp³-hybridized carbons (Fsp3) is 0.462. The van der Waals surface area contributed by atoms with Crippen LogP contribution in [0.1, 0.15) is 52.5 Å². The fourth-order valence-corrected chi connectivity index (χ4v) is 3.47. The van der Waals surface area contributed by atoms with Crippen molar-refractivity contribution in [2.45, 2.75) is 71.2 Å². The summed E-state index contributed by atoms with van der Waals surface area (Å²) >= 11 is 0. The van der Waals surface area contributed by atoms with Crippen LogP contribution in [0.25, 0.3) is 10.8 Å². The smallest absolute Gasteiger partial charge is 0.346 e. The summed E-state index contributed by atoms with van der Waals surface area (Å²) in [6, 6.07) is 12.4. The van der Waals surface area contributed by atoms with Gasteiger partial charge in [-0.15, -0.1) is 0 Å². The Hall–Kier alpha value is -3.27. The van der Waals surface area contributed by atoms with E-state index in [0.717, 1.165) is 16.3 Å². The summed E-state index contributed by atoms with van der Waals surface area (Å²) in [6.07, 6.45) is -6.61. The van der Waals surface area contributed by atoms with E-state index < -0.39 is 54.2 Å². The first kappa shape index (κ1) is 29.0. The Morgan fingerprint density at radius 3 is 2.22 bits per heavy atom. The Bertz CT molecular complexity index is 1100. The second-order valence-electron chi connectivity index (χ2n) is 9.60. The lowest BCUT2D eigenvalue weighted by molar-refractivity contribution is -0.173. The molecular weight excluding hydrogens is 477 g/mol. The van der Waals surface area contributed by atoms with Crippen molar-refractivity contribution in [1.82, 2.24) is 10.8 Å². The Morgan fingerprint density at radius 1 is 0.944 bits per heavy atom. The first-order valence-electron chi connectivity index (χ1n) is 11.5. The van der Waals surface area contributed by atoms with Gasteiger partial charge in [0.25, 0.3) is 0 Å². The molecule has 2 atom stereocenters. The molecule has 196 valence electrons. The second-order valence-corrected chi connectivity index (χ2v) is 9.60. The zero-order valence-electron chi connectivity index (χ0n) is 20.7. The zero-order chi connectivity index (χ0) is 27.1. The monoisotopic (exact) mass is 508 g/mol. The van der Waals surface area contributed by atoms with E-state index in [4.69, 9.17) is 4.84 Å². The molecule has 0 unspecified atom stereocenters. The lowest BCUT2D eigenvalue weighted by atomic mass is 9.95. The van der Waals surface area contributed by atoms with Crippen LogP contribution in [0.3, 0.4) is 0 Å². The average molecular weight is 509 g/mol. The number of ketones is 2. The largest absolute Gasteiger partial charge is 0.449 e. The van der Waals surface area contributed by atoms with Crippen molar-refractivity contribution in [2.24, 2.45) is 5.92 Å². The molecule has 2 aromatic carbocycles. The fourth-order valence-electron chi connectivity index (χ4n) is 3.47. The molecule has 0 spiro atoms. The van der Waals surface area contributed by atoms with E-state index >= 15 is 0 Å². The van der Waals surface area contributed by atoms with Crippen molar-refractivity contribution in [3.63, 3.8) is 0 Å². The number of amides is 2. The minimum absolute atomic E-state index is 0.0848. The first-order valence-corrected chi connectivity index (χ1v) is 11.5. The number of hydrogen-bond acceptors (Lipinski definition) is 5. The van der Waals surface area contributed by atoms with Crippen LogP contribution in [-0.4, -0.2) is 41.2 Å². The van der Waals surface area contributed by atoms with Crippen LogP contribution in [-0.2, 0) is 30.4 Å². The van der Waals surface area contributed by atoms with E-state index in [9.17, 15) is 32.3 Å². The van der Waals surface area contributed by atoms with E-state index in [1.54, 1.807) is 20.8 Å². The number of carbonyl (C=O) groups excluding carboxylic acids is 4. The number of carbonyl (C=O) groups is 4. The van der Waals surface area contributed by atoms with Crippen LogP contribution in [0.4, 0.5) is 13.2 Å². The molecule has 7 nitrogen and oxygen atoms in total. The standard InChI is InChI=1S/C26H31F3N2O5/c1-16(21(32)13-12-18-10-7-9-17-8-5-6-11-20(17)18)30-24(35)19(14-22(33)26(27,28)29)15-23(34)31-36-25(2,3)4/h5-11,16,19H,12-15H2,1-4H3,(H,30,35)(H,31,34)/t16-,19-/m0/s1. The molecule has 0 fully saturated rings. The number of nitrogens with one attached hydrogen (secondary N) is 2. The topological polar surface area (TPSA) is 102 Å². The Labute approximate surface area is 207 Å².